The topological polar surface area (TPSA) is 384 Å². The van der Waals surface area contributed by atoms with Crippen LogP contribution in [0.15, 0.2) is 147 Å². The van der Waals surface area contributed by atoms with Gasteiger partial charge in [-0.3, -0.25) is 24.3 Å². The first-order chi connectivity index (χ1) is 67.8. The number of ether oxygens (including phenoxy) is 3. The van der Waals surface area contributed by atoms with Gasteiger partial charge in [0.25, 0.3) is 11.8 Å². The largest absolute Gasteiger partial charge is 0.390 e. The third-order valence-corrected chi connectivity index (χ3v) is 28.9. The summed E-state index contributed by atoms with van der Waals surface area (Å²) in [6.07, 6.45) is 23.1. The molecular formula is C102H132Cl2N30O5S3. The van der Waals surface area contributed by atoms with Crippen LogP contribution in [0, 0.1) is 85.6 Å². The molecule has 3 saturated heterocycles. The van der Waals surface area contributed by atoms with Gasteiger partial charge in [-0.1, -0.05) is 64.7 Å². The predicted octanol–water partition coefficient (Wildman–Crippen LogP) is 20.2. The predicted molar refractivity (Wildman–Crippen MR) is 571 cm³/mol. The van der Waals surface area contributed by atoms with Crippen molar-refractivity contribution in [1.29, 1.82) is 0 Å². The number of aromatic nitrogens is 15. The Morgan fingerprint density at radius 1 is 0.408 bits per heavy atom. The molecule has 15 aromatic heterocycles. The van der Waals surface area contributed by atoms with Crippen molar-refractivity contribution < 1.29 is 23.8 Å². The smallest absolute Gasteiger partial charge is 0.252 e. The van der Waals surface area contributed by atoms with Crippen molar-refractivity contribution in [3.05, 3.63) is 261 Å². The molecule has 752 valence electrons. The first-order valence-electron chi connectivity index (χ1n) is 47.2. The molecule has 40 heteroatoms. The van der Waals surface area contributed by atoms with E-state index in [4.69, 9.17) is 96.6 Å². The van der Waals surface area contributed by atoms with Gasteiger partial charge in [-0.25, -0.2) is 61.4 Å². The van der Waals surface area contributed by atoms with Crippen LogP contribution in [0.3, 0.4) is 0 Å². The number of rotatable bonds is 25. The maximum Gasteiger partial charge on any atom is 0.252 e. The Bertz CT molecular complexity index is 6740. The highest BCUT2D eigenvalue weighted by molar-refractivity contribution is 7.12. The highest BCUT2D eigenvalue weighted by Crippen LogP contribution is 2.40. The SMILES string of the molecule is CC(C)(CN)N1CCOCC1.CC(C)(CNc1c(C(N)=O)cnn2cccc12)N1CCOCC1.Cc1nc(C(CC(C)C)Nc2c(C(N)=O)cnn3cccc23)sc1C.Cc1nc(C(N)CC(C)C)sc1C.[C-]#[N+]c1cnn2cccc2c1Cl.[C-]#[N+]c1cnn2cccc2c1Cl.[C-]#[N+]c1cnn2cccc2c1NC(CC(C)C)c1nc(C)c(C)s1.[C-]#[N+]c1cnn2cccc2c1NCC(C)(C)N1CCOCC1. The molecule has 0 saturated carbocycles. The van der Waals surface area contributed by atoms with Crippen LogP contribution in [0.5, 0.6) is 0 Å². The van der Waals surface area contributed by atoms with Gasteiger partial charge in [0.05, 0.1) is 215 Å². The Labute approximate surface area is 852 Å². The van der Waals surface area contributed by atoms with Crippen molar-refractivity contribution in [2.75, 3.05) is 120 Å². The van der Waals surface area contributed by atoms with Gasteiger partial charge in [-0.05, 0) is 193 Å². The lowest BCUT2D eigenvalue weighted by molar-refractivity contribution is -0.00696. The normalized spacial score (nSPS) is 14.3. The van der Waals surface area contributed by atoms with Crippen molar-refractivity contribution in [3.63, 3.8) is 0 Å². The molecule has 0 aliphatic carbocycles. The maximum absolute atomic E-state index is 11.9. The van der Waals surface area contributed by atoms with E-state index in [9.17, 15) is 9.59 Å². The number of primary amides is 2. The number of amides is 2. The lowest BCUT2D eigenvalue weighted by Crippen LogP contribution is -2.53. The fourth-order valence-corrected chi connectivity index (χ4v) is 19.4. The monoisotopic (exact) mass is 2020 g/mol. The maximum atomic E-state index is 11.9. The number of hydrogen-bond donors (Lipinski definition) is 8. The Balaban J connectivity index is 0.000000158. The summed E-state index contributed by atoms with van der Waals surface area (Å²) >= 11 is 17.0. The average molecular weight is 2030 g/mol. The molecule has 18 heterocycles. The van der Waals surface area contributed by atoms with Crippen LogP contribution in [-0.2, 0) is 14.2 Å². The Hall–Kier alpha value is -12.6. The highest BCUT2D eigenvalue weighted by Gasteiger charge is 2.33. The quantitative estimate of drug-likeness (QED) is 0.0246. The van der Waals surface area contributed by atoms with Gasteiger partial charge in [0.15, 0.2) is 0 Å². The number of nitrogens with one attached hydrogen (secondary N) is 4. The number of hydrogen-bond acceptors (Lipinski definition) is 26. The van der Waals surface area contributed by atoms with Gasteiger partial charge >= 0.3 is 0 Å². The number of carbonyl (C=O) groups is 2. The van der Waals surface area contributed by atoms with Gasteiger partial charge in [0, 0.05) is 127 Å². The van der Waals surface area contributed by atoms with Crippen LogP contribution in [0.25, 0.3) is 52.5 Å². The zero-order chi connectivity index (χ0) is 103. The minimum atomic E-state index is -0.492. The van der Waals surface area contributed by atoms with Crippen LogP contribution in [0.1, 0.15) is 188 Å². The average Bonchev–Trinajstić information content (AvgIpc) is 1.60. The van der Waals surface area contributed by atoms with Gasteiger partial charge in [0.2, 0.25) is 22.7 Å². The van der Waals surface area contributed by atoms with Crippen molar-refractivity contribution >= 4 is 148 Å². The summed E-state index contributed by atoms with van der Waals surface area (Å²) in [6, 6.07) is 23.0. The van der Waals surface area contributed by atoms with Crippen LogP contribution < -0.4 is 44.2 Å². The minimum Gasteiger partial charge on any atom is -0.390 e. The molecule has 18 rings (SSSR count). The molecular weight excluding hydrogens is 1890 g/mol. The summed E-state index contributed by atoms with van der Waals surface area (Å²) < 4.78 is 26.4. The van der Waals surface area contributed by atoms with Crippen LogP contribution in [0.2, 0.25) is 10.0 Å². The van der Waals surface area contributed by atoms with Crippen LogP contribution in [-0.4, -0.2) is 214 Å². The number of nitrogens with two attached hydrogens (primary N) is 4. The molecule has 3 aliphatic rings. The fourth-order valence-electron chi connectivity index (χ4n) is 16.0. The molecule has 0 spiro atoms. The first-order valence-corrected chi connectivity index (χ1v) is 50.4. The van der Waals surface area contributed by atoms with Gasteiger partial charge in [0.1, 0.15) is 15.0 Å². The summed E-state index contributed by atoms with van der Waals surface area (Å²) in [6.45, 7) is 79.8. The molecule has 2 amide bonds. The standard InChI is InChI=1S/C18H23N5OS.C18H21N5S.C16H23N5O2.C16H21N5O.C10H18N2S.2C8H4ClN3.C8H18N2O/c1-10(2)8-14(18-21-11(3)12(4)25-18)22-16-13(17(19)24)9-20-23-7-5-6-15(16)23;1-11(2)9-14(18-21-12(3)13(4)24-18)22-17-15(19-5)10-20-23-8-6-7-16(17)23;1-16(2,20-6-8-23-9-7-20)11-18-14-12(15(17)22)10-19-21-5-3-4-13(14)21;1-16(2,20-7-9-22-10-8-20)12-18-15-13(17-3)11-19-21-6-4-5-14(15)21;1-6(2)5-9(11)10-12-7(3)8(4)13-10;2*1-10-6-5-11-12-4-2-3-7(12)8(6)9;1-8(2,7-9)10-3-5-11-6-4-10/h5-7,9-10,14,22H,8H2,1-4H3,(H2,19,24);6-8,10-11,14,22H,9H2,1-4H3;3-5,10,18H,6-9,11H2,1-2H3,(H2,17,22);4-6,11,18H,7-10,12H2,1-2H3;6,9H,5,11H2,1-4H3;2*2-5H;3-7,9H2,1-2H3. The van der Waals surface area contributed by atoms with Crippen molar-refractivity contribution in [2.24, 2.45) is 40.7 Å². The van der Waals surface area contributed by atoms with E-state index >= 15 is 0 Å². The molecule has 3 unspecified atom stereocenters. The fraction of sp³-hybridized carbons (Fsp3) is 0.441. The second-order valence-electron chi connectivity index (χ2n) is 37.7. The second kappa shape index (κ2) is 50.9. The zero-order valence-electron chi connectivity index (χ0n) is 84.2. The molecule has 3 aliphatic heterocycles. The molecule has 35 nitrogen and oxygen atoms in total. The van der Waals surface area contributed by atoms with Crippen LogP contribution >= 0.6 is 57.2 Å². The van der Waals surface area contributed by atoms with E-state index in [1.807, 2.05) is 118 Å². The van der Waals surface area contributed by atoms with Gasteiger partial charge < -0.3 is 58.4 Å². The van der Waals surface area contributed by atoms with Crippen molar-refractivity contribution in [1.82, 2.24) is 87.3 Å². The second-order valence-corrected chi connectivity index (χ2v) is 42.1. The lowest BCUT2D eigenvalue weighted by atomic mass is 10.0. The van der Waals surface area contributed by atoms with Crippen molar-refractivity contribution in [2.45, 2.75) is 179 Å². The molecule has 0 bridgehead atoms. The number of nitrogens with zero attached hydrogens (tertiary/aromatic N) is 22. The van der Waals surface area contributed by atoms with Crippen molar-refractivity contribution in [3.8, 4) is 0 Å². The van der Waals surface area contributed by atoms with Gasteiger partial charge in [-0.15, -0.1) is 34.0 Å². The molecule has 12 N–H and O–H groups in total. The summed E-state index contributed by atoms with van der Waals surface area (Å²) in [5.41, 5.74) is 37.0. The summed E-state index contributed by atoms with van der Waals surface area (Å²) in [5.74, 6) is 0.664. The third-order valence-electron chi connectivity index (χ3n) is 24.5. The minimum absolute atomic E-state index is 0.00404. The number of morpholine rings is 3. The third kappa shape index (κ3) is 28.7. The van der Waals surface area contributed by atoms with E-state index in [-0.39, 0.29) is 34.7 Å². The van der Waals surface area contributed by atoms with E-state index in [1.165, 1.54) is 39.4 Å². The zero-order valence-corrected chi connectivity index (χ0v) is 88.2. The first kappa shape index (κ1) is 110. The number of anilines is 4. The van der Waals surface area contributed by atoms with E-state index < -0.39 is 11.8 Å². The van der Waals surface area contributed by atoms with E-state index in [1.54, 1.807) is 85.9 Å². The Morgan fingerprint density at radius 2 is 0.690 bits per heavy atom. The Morgan fingerprint density at radius 3 is 1.02 bits per heavy atom. The molecule has 15 aromatic rings. The molecule has 142 heavy (non-hydrogen) atoms. The van der Waals surface area contributed by atoms with E-state index in [2.05, 4.69) is 195 Å². The molecule has 0 radical (unpaired) electrons. The summed E-state index contributed by atoms with van der Waals surface area (Å²) in [5, 5.41) is 43.1. The number of fused-ring (bicyclic) bond motifs is 6. The highest BCUT2D eigenvalue weighted by atomic mass is 35.5. The molecule has 0 aromatic carbocycles. The summed E-state index contributed by atoms with van der Waals surface area (Å²) in [7, 11) is 0. The number of thiazole rings is 3. The van der Waals surface area contributed by atoms with E-state index in [0.717, 1.165) is 187 Å². The molecule has 3 atom stereocenters. The van der Waals surface area contributed by atoms with Crippen LogP contribution in [0.4, 0.5) is 45.5 Å². The Kier molecular flexibility index (Phi) is 39.3. The number of halogens is 2. The lowest BCUT2D eigenvalue weighted by Gasteiger charge is -2.41. The van der Waals surface area contributed by atoms with Gasteiger partial charge in [-0.2, -0.15) is 30.6 Å². The molecule has 3 fully saturated rings. The summed E-state index contributed by atoms with van der Waals surface area (Å²) in [4.78, 5) is 62.2. The van der Waals surface area contributed by atoms with E-state index in [0.29, 0.717) is 80.5 Å². The number of aryl methyl sites for hydroxylation is 6. The number of carbonyl (C=O) groups excluding carboxylic acids is 2.